The van der Waals surface area contributed by atoms with Gasteiger partial charge in [-0.25, -0.2) is 18.9 Å². The van der Waals surface area contributed by atoms with Gasteiger partial charge in [0, 0.05) is 15.6 Å². The molecule has 0 atom stereocenters. The summed E-state index contributed by atoms with van der Waals surface area (Å²) in [4.78, 5) is 29.3. The van der Waals surface area contributed by atoms with Crippen LogP contribution >= 0.6 is 15.9 Å². The number of ether oxygens (including phenoxy) is 1. The largest absolute Gasteiger partial charge is 0.451 e. The molecule has 0 bridgehead atoms. The lowest BCUT2D eigenvalue weighted by molar-refractivity contribution is 0.0462. The summed E-state index contributed by atoms with van der Waals surface area (Å²) in [5, 5.41) is 4.27. The Kier molecular flexibility index (Phi) is 6.23. The van der Waals surface area contributed by atoms with E-state index in [1.807, 2.05) is 31.2 Å². The first-order valence-electron chi connectivity index (χ1n) is 9.66. The quantitative estimate of drug-likeness (QED) is 0.273. The number of carbonyl (C=O) groups is 2. The zero-order valence-corrected chi connectivity index (χ0v) is 18.5. The maximum atomic E-state index is 13.4. The lowest BCUT2D eigenvalue weighted by atomic mass is 10.1. The topological polar surface area (TPSA) is 74.1 Å². The summed E-state index contributed by atoms with van der Waals surface area (Å²) in [5.41, 5.74) is 2.68. The van der Waals surface area contributed by atoms with E-state index in [0.717, 1.165) is 15.6 Å². The number of ketones is 1. The van der Waals surface area contributed by atoms with E-state index in [4.69, 9.17) is 4.74 Å². The molecule has 0 aliphatic rings. The van der Waals surface area contributed by atoms with E-state index in [1.54, 1.807) is 24.3 Å². The molecule has 0 aliphatic heterocycles. The summed E-state index contributed by atoms with van der Waals surface area (Å²) in [6.45, 7) is 1.50. The number of hydrogen-bond acceptors (Lipinski definition) is 5. The third-order valence-electron chi connectivity index (χ3n) is 4.64. The van der Waals surface area contributed by atoms with Crippen LogP contribution in [-0.2, 0) is 4.74 Å². The summed E-state index contributed by atoms with van der Waals surface area (Å²) in [7, 11) is 0. The van der Waals surface area contributed by atoms with Crippen LogP contribution in [0.3, 0.4) is 0 Å². The van der Waals surface area contributed by atoms with Gasteiger partial charge in [0.1, 0.15) is 5.82 Å². The van der Waals surface area contributed by atoms with Crippen LogP contribution in [-0.4, -0.2) is 33.1 Å². The SMILES string of the molecule is Cc1cccc(-c2nc(C(=O)OCC(=O)c3ccc(Br)cc3)nn2-c2ccc(F)cc2)c1. The highest BCUT2D eigenvalue weighted by Crippen LogP contribution is 2.23. The van der Waals surface area contributed by atoms with Crippen molar-refractivity contribution in [3.63, 3.8) is 0 Å². The van der Waals surface area contributed by atoms with E-state index < -0.39 is 18.4 Å². The summed E-state index contributed by atoms with van der Waals surface area (Å²) in [5.74, 6) is -1.37. The zero-order chi connectivity index (χ0) is 22.7. The van der Waals surface area contributed by atoms with Gasteiger partial charge >= 0.3 is 5.97 Å². The number of hydrogen-bond donors (Lipinski definition) is 0. The molecule has 0 fully saturated rings. The number of rotatable bonds is 6. The molecular weight excluding hydrogens is 477 g/mol. The highest BCUT2D eigenvalue weighted by Gasteiger charge is 2.21. The summed E-state index contributed by atoms with van der Waals surface area (Å²) >= 11 is 3.31. The number of aryl methyl sites for hydroxylation is 1. The molecular formula is C24H17BrFN3O3. The maximum absolute atomic E-state index is 13.4. The lowest BCUT2D eigenvalue weighted by Crippen LogP contribution is -2.15. The van der Waals surface area contributed by atoms with Crippen LogP contribution in [0, 0.1) is 12.7 Å². The molecule has 3 aromatic carbocycles. The Morgan fingerprint density at radius 2 is 1.75 bits per heavy atom. The molecule has 160 valence electrons. The lowest BCUT2D eigenvalue weighted by Gasteiger charge is -2.06. The Hall–Kier alpha value is -3.65. The fourth-order valence-electron chi connectivity index (χ4n) is 3.05. The third-order valence-corrected chi connectivity index (χ3v) is 5.17. The standard InChI is InChI=1S/C24H17BrFN3O3/c1-15-3-2-4-17(13-15)23-27-22(28-29(23)20-11-9-19(26)10-12-20)24(31)32-14-21(30)16-5-7-18(25)8-6-16/h2-13H,14H2,1H3. The molecule has 0 spiro atoms. The zero-order valence-electron chi connectivity index (χ0n) is 17.0. The van der Waals surface area contributed by atoms with Gasteiger partial charge in [0.15, 0.2) is 18.2 Å². The van der Waals surface area contributed by atoms with Crippen molar-refractivity contribution in [1.29, 1.82) is 0 Å². The van der Waals surface area contributed by atoms with Gasteiger partial charge in [-0.2, -0.15) is 0 Å². The van der Waals surface area contributed by atoms with Gasteiger partial charge in [-0.05, 0) is 49.4 Å². The van der Waals surface area contributed by atoms with Gasteiger partial charge in [-0.3, -0.25) is 4.79 Å². The monoisotopic (exact) mass is 493 g/mol. The fraction of sp³-hybridized carbons (Fsp3) is 0.0833. The van der Waals surface area contributed by atoms with E-state index >= 15 is 0 Å². The normalized spacial score (nSPS) is 10.7. The van der Waals surface area contributed by atoms with Gasteiger partial charge < -0.3 is 4.74 Å². The molecule has 32 heavy (non-hydrogen) atoms. The minimum absolute atomic E-state index is 0.200. The van der Waals surface area contributed by atoms with Crippen molar-refractivity contribution in [2.45, 2.75) is 6.92 Å². The molecule has 0 N–H and O–H groups in total. The molecule has 0 amide bonds. The molecule has 4 rings (SSSR count). The number of nitrogens with zero attached hydrogens (tertiary/aromatic N) is 3. The van der Waals surface area contributed by atoms with Crippen molar-refractivity contribution < 1.29 is 18.7 Å². The summed E-state index contributed by atoms with van der Waals surface area (Å²) in [6, 6.07) is 19.9. The molecule has 6 nitrogen and oxygen atoms in total. The molecule has 0 saturated heterocycles. The van der Waals surface area contributed by atoms with Crippen LogP contribution < -0.4 is 0 Å². The number of carbonyl (C=O) groups excluding carboxylic acids is 2. The van der Waals surface area contributed by atoms with Crippen molar-refractivity contribution in [3.05, 3.63) is 100 Å². The molecule has 0 aliphatic carbocycles. The summed E-state index contributed by atoms with van der Waals surface area (Å²) in [6.07, 6.45) is 0. The molecule has 0 radical (unpaired) electrons. The number of aromatic nitrogens is 3. The second-order valence-corrected chi connectivity index (χ2v) is 7.94. The molecule has 4 aromatic rings. The molecule has 8 heteroatoms. The summed E-state index contributed by atoms with van der Waals surface area (Å²) < 4.78 is 20.8. The first kappa shape index (κ1) is 21.6. The molecule has 1 heterocycles. The van der Waals surface area contributed by atoms with Gasteiger partial charge in [-0.1, -0.05) is 51.8 Å². The van der Waals surface area contributed by atoms with Crippen molar-refractivity contribution in [2.24, 2.45) is 0 Å². The first-order chi connectivity index (χ1) is 15.4. The highest BCUT2D eigenvalue weighted by molar-refractivity contribution is 9.10. The van der Waals surface area contributed by atoms with E-state index in [1.165, 1.54) is 28.9 Å². The van der Waals surface area contributed by atoms with Crippen LogP contribution in [0.15, 0.2) is 77.3 Å². The average molecular weight is 494 g/mol. The van der Waals surface area contributed by atoms with Gasteiger partial charge in [0.2, 0.25) is 0 Å². The predicted octanol–water partition coefficient (Wildman–Crippen LogP) is 5.18. The molecule has 0 saturated carbocycles. The number of Topliss-reactive ketones (excluding diaryl/α,β-unsaturated/α-hetero) is 1. The Bertz CT molecular complexity index is 1280. The van der Waals surface area contributed by atoms with Gasteiger partial charge in [-0.15, -0.1) is 5.10 Å². The second-order valence-electron chi connectivity index (χ2n) is 7.02. The number of halogens is 2. The Balaban J connectivity index is 1.61. The van der Waals surface area contributed by atoms with Crippen LogP contribution in [0.5, 0.6) is 0 Å². The minimum atomic E-state index is -0.828. The van der Waals surface area contributed by atoms with Crippen LogP contribution in [0.25, 0.3) is 17.1 Å². The highest BCUT2D eigenvalue weighted by atomic mass is 79.9. The van der Waals surface area contributed by atoms with Gasteiger partial charge in [0.25, 0.3) is 5.82 Å². The Labute approximate surface area is 191 Å². The van der Waals surface area contributed by atoms with Crippen LogP contribution in [0.2, 0.25) is 0 Å². The van der Waals surface area contributed by atoms with Crippen LogP contribution in [0.4, 0.5) is 4.39 Å². The van der Waals surface area contributed by atoms with Crippen LogP contribution in [0.1, 0.15) is 26.5 Å². The Morgan fingerprint density at radius 1 is 1.03 bits per heavy atom. The van der Waals surface area contributed by atoms with Crippen molar-refractivity contribution in [2.75, 3.05) is 6.61 Å². The van der Waals surface area contributed by atoms with Crippen molar-refractivity contribution in [1.82, 2.24) is 14.8 Å². The first-order valence-corrected chi connectivity index (χ1v) is 10.5. The number of benzene rings is 3. The maximum Gasteiger partial charge on any atom is 0.378 e. The van der Waals surface area contributed by atoms with E-state index in [2.05, 4.69) is 26.0 Å². The average Bonchev–Trinajstić information content (AvgIpc) is 3.24. The van der Waals surface area contributed by atoms with Crippen molar-refractivity contribution in [3.8, 4) is 17.1 Å². The third kappa shape index (κ3) is 4.81. The van der Waals surface area contributed by atoms with Gasteiger partial charge in [0.05, 0.1) is 5.69 Å². The fourth-order valence-corrected chi connectivity index (χ4v) is 3.31. The minimum Gasteiger partial charge on any atom is -0.451 e. The Morgan fingerprint density at radius 3 is 2.44 bits per heavy atom. The predicted molar refractivity (Wildman–Crippen MR) is 120 cm³/mol. The molecule has 1 aromatic heterocycles. The second kappa shape index (κ2) is 9.23. The molecule has 0 unspecified atom stereocenters. The van der Waals surface area contributed by atoms with E-state index in [9.17, 15) is 14.0 Å². The van der Waals surface area contributed by atoms with E-state index in [0.29, 0.717) is 17.1 Å². The smallest absolute Gasteiger partial charge is 0.378 e. The number of esters is 1. The van der Waals surface area contributed by atoms with E-state index in [-0.39, 0.29) is 11.6 Å². The van der Waals surface area contributed by atoms with Crippen molar-refractivity contribution >= 4 is 27.7 Å².